The molecule has 0 radical (unpaired) electrons. The highest BCUT2D eigenvalue weighted by Crippen LogP contribution is 2.30. The molecule has 21 heavy (non-hydrogen) atoms. The molecule has 4 atom stereocenters. The first kappa shape index (κ1) is 14.6. The van der Waals surface area contributed by atoms with Gasteiger partial charge in [-0.15, -0.1) is 0 Å². The molecule has 1 aromatic heterocycles. The molecule has 0 bridgehead atoms. The van der Waals surface area contributed by atoms with Gasteiger partial charge in [-0.05, 0) is 37.3 Å². The number of hydrogen-bond donors (Lipinski definition) is 1. The summed E-state index contributed by atoms with van der Waals surface area (Å²) in [5.74, 6) is 2.05. The van der Waals surface area contributed by atoms with E-state index in [0.717, 1.165) is 17.5 Å². The second-order valence-electron chi connectivity index (χ2n) is 6.72. The first-order valence-electron chi connectivity index (χ1n) is 7.95. The number of aliphatic hydroxyl groups excluding tert-OH is 1. The van der Waals surface area contributed by atoms with Crippen LogP contribution >= 0.6 is 0 Å². The van der Waals surface area contributed by atoms with Crippen LogP contribution in [-0.2, 0) is 0 Å². The minimum atomic E-state index is -0.558. The molecule has 1 saturated heterocycles. The summed E-state index contributed by atoms with van der Waals surface area (Å²) >= 11 is 0. The predicted molar refractivity (Wildman–Crippen MR) is 85.2 cm³/mol. The van der Waals surface area contributed by atoms with Crippen molar-refractivity contribution in [1.82, 2.24) is 4.90 Å². The average Bonchev–Trinajstić information content (AvgIpc) is 2.88. The zero-order valence-corrected chi connectivity index (χ0v) is 13.1. The molecule has 3 nitrogen and oxygen atoms in total. The van der Waals surface area contributed by atoms with Crippen LogP contribution in [0.4, 0.5) is 0 Å². The molecule has 0 aliphatic carbocycles. The Kier molecular flexibility index (Phi) is 4.05. The molecule has 1 N–H and O–H groups in total. The molecule has 1 aromatic carbocycles. The van der Waals surface area contributed by atoms with E-state index in [1.165, 1.54) is 6.42 Å². The molecule has 4 unspecified atom stereocenters. The molecule has 1 aliphatic heterocycles. The summed E-state index contributed by atoms with van der Waals surface area (Å²) in [6.07, 6.45) is 0.718. The lowest BCUT2D eigenvalue weighted by molar-refractivity contribution is 0.0247. The fourth-order valence-electron chi connectivity index (χ4n) is 3.55. The van der Waals surface area contributed by atoms with Crippen LogP contribution in [0, 0.1) is 11.8 Å². The summed E-state index contributed by atoms with van der Waals surface area (Å²) in [5, 5.41) is 11.6. The van der Waals surface area contributed by atoms with E-state index in [1.54, 1.807) is 0 Å². The Morgan fingerprint density at radius 2 is 2.05 bits per heavy atom. The van der Waals surface area contributed by atoms with Gasteiger partial charge in [-0.3, -0.25) is 4.90 Å². The van der Waals surface area contributed by atoms with Crippen molar-refractivity contribution in [1.29, 1.82) is 0 Å². The summed E-state index contributed by atoms with van der Waals surface area (Å²) in [6.45, 7) is 8.57. The van der Waals surface area contributed by atoms with Crippen molar-refractivity contribution in [2.24, 2.45) is 11.8 Å². The number of furan rings is 1. The van der Waals surface area contributed by atoms with Gasteiger partial charge < -0.3 is 9.52 Å². The van der Waals surface area contributed by atoms with Crippen molar-refractivity contribution >= 4 is 11.0 Å². The van der Waals surface area contributed by atoms with Gasteiger partial charge >= 0.3 is 0 Å². The second-order valence-corrected chi connectivity index (χ2v) is 6.72. The maximum atomic E-state index is 10.5. The van der Waals surface area contributed by atoms with Crippen molar-refractivity contribution in [2.75, 3.05) is 13.1 Å². The number of benzene rings is 1. The summed E-state index contributed by atoms with van der Waals surface area (Å²) in [7, 11) is 0. The van der Waals surface area contributed by atoms with E-state index in [1.807, 2.05) is 30.3 Å². The number of aliphatic hydroxyl groups is 1. The molecule has 1 fully saturated rings. The lowest BCUT2D eigenvalue weighted by atomic mass is 9.86. The van der Waals surface area contributed by atoms with E-state index >= 15 is 0 Å². The van der Waals surface area contributed by atoms with Crippen LogP contribution in [0.5, 0.6) is 0 Å². The Balaban J connectivity index is 1.74. The average molecular weight is 287 g/mol. The summed E-state index contributed by atoms with van der Waals surface area (Å²) in [6, 6.07) is 10.4. The maximum absolute atomic E-state index is 10.5. The Morgan fingerprint density at radius 3 is 2.81 bits per heavy atom. The largest absolute Gasteiger partial charge is 0.458 e. The van der Waals surface area contributed by atoms with Crippen LogP contribution in [0.1, 0.15) is 39.1 Å². The first-order chi connectivity index (χ1) is 10.0. The monoisotopic (exact) mass is 287 g/mol. The predicted octanol–water partition coefficient (Wildman–Crippen LogP) is 3.83. The van der Waals surface area contributed by atoms with Gasteiger partial charge in [0.2, 0.25) is 0 Å². The molecular formula is C18H25NO2. The van der Waals surface area contributed by atoms with Crippen molar-refractivity contribution < 1.29 is 9.52 Å². The molecular weight excluding hydrogens is 262 g/mol. The first-order valence-corrected chi connectivity index (χ1v) is 7.95. The summed E-state index contributed by atoms with van der Waals surface area (Å²) in [5.41, 5.74) is 0.847. The number of para-hydroxylation sites is 1. The van der Waals surface area contributed by atoms with Gasteiger partial charge in [0, 0.05) is 24.5 Å². The Hall–Kier alpha value is -1.32. The van der Waals surface area contributed by atoms with Crippen LogP contribution in [0.3, 0.4) is 0 Å². The van der Waals surface area contributed by atoms with Gasteiger partial charge in [0.05, 0.1) is 0 Å². The van der Waals surface area contributed by atoms with Crippen molar-refractivity contribution in [3.8, 4) is 0 Å². The van der Waals surface area contributed by atoms with Gasteiger partial charge in [-0.1, -0.05) is 32.0 Å². The fraction of sp³-hybridized carbons (Fsp3) is 0.556. The van der Waals surface area contributed by atoms with E-state index in [4.69, 9.17) is 4.42 Å². The fourth-order valence-corrected chi connectivity index (χ4v) is 3.55. The number of rotatable bonds is 3. The van der Waals surface area contributed by atoms with Crippen molar-refractivity contribution in [3.63, 3.8) is 0 Å². The highest BCUT2D eigenvalue weighted by Gasteiger charge is 2.30. The number of likely N-dealkylation sites (tertiary alicyclic amines) is 1. The molecule has 2 aromatic rings. The highest BCUT2D eigenvalue weighted by molar-refractivity contribution is 5.77. The van der Waals surface area contributed by atoms with Crippen LogP contribution in [0.15, 0.2) is 34.7 Å². The number of nitrogens with zero attached hydrogens (tertiary/aromatic N) is 1. The lowest BCUT2D eigenvalue weighted by Crippen LogP contribution is -2.47. The molecule has 2 heterocycles. The molecule has 1 aliphatic rings. The van der Waals surface area contributed by atoms with Crippen LogP contribution in [0.2, 0.25) is 0 Å². The third kappa shape index (κ3) is 2.99. The standard InChI is InChI=1S/C18H25NO2/c1-12-8-13(2)14(3)19(10-12)11-16(20)18-9-15-6-4-5-7-17(15)21-18/h4-7,9,12-14,16,20H,8,10-11H2,1-3H3. The van der Waals surface area contributed by atoms with Crippen LogP contribution < -0.4 is 0 Å². The van der Waals surface area contributed by atoms with E-state index < -0.39 is 6.10 Å². The van der Waals surface area contributed by atoms with Crippen molar-refractivity contribution in [2.45, 2.75) is 39.3 Å². The Bertz CT molecular complexity index is 573. The molecule has 0 saturated carbocycles. The van der Waals surface area contributed by atoms with Crippen LogP contribution in [0.25, 0.3) is 11.0 Å². The zero-order chi connectivity index (χ0) is 15.0. The molecule has 0 spiro atoms. The third-order valence-electron chi connectivity index (χ3n) is 4.90. The summed E-state index contributed by atoms with van der Waals surface area (Å²) in [4.78, 5) is 2.40. The topological polar surface area (TPSA) is 36.6 Å². The Labute approximate surface area is 126 Å². The molecule has 3 rings (SSSR count). The number of hydrogen-bond acceptors (Lipinski definition) is 3. The second kappa shape index (κ2) is 5.82. The highest BCUT2D eigenvalue weighted by atomic mass is 16.4. The molecule has 114 valence electrons. The van der Waals surface area contributed by atoms with Gasteiger partial charge in [0.1, 0.15) is 17.4 Å². The summed E-state index contributed by atoms with van der Waals surface area (Å²) < 4.78 is 5.78. The minimum absolute atomic E-state index is 0.514. The van der Waals surface area contributed by atoms with E-state index in [2.05, 4.69) is 25.7 Å². The van der Waals surface area contributed by atoms with E-state index in [0.29, 0.717) is 30.2 Å². The Morgan fingerprint density at radius 1 is 1.29 bits per heavy atom. The normalized spacial score (nSPS) is 28.9. The van der Waals surface area contributed by atoms with E-state index in [-0.39, 0.29) is 0 Å². The number of piperidine rings is 1. The third-order valence-corrected chi connectivity index (χ3v) is 4.90. The maximum Gasteiger partial charge on any atom is 0.135 e. The van der Waals surface area contributed by atoms with Crippen molar-refractivity contribution in [3.05, 3.63) is 36.1 Å². The van der Waals surface area contributed by atoms with Crippen LogP contribution in [-0.4, -0.2) is 29.1 Å². The van der Waals surface area contributed by atoms with Gasteiger partial charge in [-0.2, -0.15) is 0 Å². The minimum Gasteiger partial charge on any atom is -0.458 e. The van der Waals surface area contributed by atoms with Gasteiger partial charge in [-0.25, -0.2) is 0 Å². The number of fused-ring (bicyclic) bond motifs is 1. The lowest BCUT2D eigenvalue weighted by Gasteiger charge is -2.41. The SMILES string of the molecule is CC1CC(C)C(C)N(CC(O)c2cc3ccccc3o2)C1. The molecule has 3 heteroatoms. The smallest absolute Gasteiger partial charge is 0.135 e. The van der Waals surface area contributed by atoms with Gasteiger partial charge in [0.25, 0.3) is 0 Å². The quantitative estimate of drug-likeness (QED) is 0.932. The van der Waals surface area contributed by atoms with E-state index in [9.17, 15) is 5.11 Å². The zero-order valence-electron chi connectivity index (χ0n) is 13.1. The molecule has 0 amide bonds. The number of β-amino-alcohol motifs (C(OH)–C–C–N with tert-alkyl or cyclic N) is 1. The van der Waals surface area contributed by atoms with Gasteiger partial charge in [0.15, 0.2) is 0 Å².